The quantitative estimate of drug-likeness (QED) is 0.416. The lowest BCUT2D eigenvalue weighted by atomic mass is 9.85. The highest BCUT2D eigenvalue weighted by Gasteiger charge is 2.29. The number of likely N-dealkylation sites (tertiary alicyclic amines) is 1. The second kappa shape index (κ2) is 12.9. The number of benzene rings is 1. The summed E-state index contributed by atoms with van der Waals surface area (Å²) < 4.78 is 35.3. The van der Waals surface area contributed by atoms with Gasteiger partial charge in [-0.15, -0.1) is 0 Å². The van der Waals surface area contributed by atoms with Crippen LogP contribution in [0.2, 0.25) is 0 Å². The number of aromatic nitrogens is 3. The average Bonchev–Trinajstić information content (AvgIpc) is 3.31. The van der Waals surface area contributed by atoms with E-state index in [2.05, 4.69) is 25.2 Å². The number of halogens is 2. The van der Waals surface area contributed by atoms with Crippen LogP contribution in [0.25, 0.3) is 11.0 Å². The normalized spacial score (nSPS) is 20.5. The summed E-state index contributed by atoms with van der Waals surface area (Å²) in [5.74, 6) is -2.36. The number of imidazole rings is 1. The van der Waals surface area contributed by atoms with Crippen LogP contribution in [0.4, 0.5) is 8.78 Å². The molecule has 2 aromatic heterocycles. The number of rotatable bonds is 8. The third-order valence-electron chi connectivity index (χ3n) is 7.93. The molecule has 0 bridgehead atoms. The van der Waals surface area contributed by atoms with Gasteiger partial charge in [0.1, 0.15) is 6.61 Å². The predicted molar refractivity (Wildman–Crippen MR) is 150 cm³/mol. The molecule has 220 valence electrons. The Hall–Kier alpha value is -3.60. The number of ether oxygens (including phenoxy) is 1. The fourth-order valence-electron chi connectivity index (χ4n) is 5.80. The first-order chi connectivity index (χ1) is 19.8. The van der Waals surface area contributed by atoms with Crippen molar-refractivity contribution in [2.75, 3.05) is 26.2 Å². The summed E-state index contributed by atoms with van der Waals surface area (Å²) in [5.41, 5.74) is 1.69. The van der Waals surface area contributed by atoms with E-state index < -0.39 is 17.5 Å². The number of fused-ring (bicyclic) bond motifs is 1. The summed E-state index contributed by atoms with van der Waals surface area (Å²) in [5, 5.41) is 3.01. The molecule has 0 radical (unpaired) electrons. The van der Waals surface area contributed by atoms with Crippen LogP contribution in [0.5, 0.6) is 5.88 Å². The van der Waals surface area contributed by atoms with Crippen molar-refractivity contribution in [3.63, 3.8) is 0 Å². The van der Waals surface area contributed by atoms with Gasteiger partial charge < -0.3 is 19.6 Å². The van der Waals surface area contributed by atoms with Gasteiger partial charge in [0.15, 0.2) is 11.6 Å². The van der Waals surface area contributed by atoms with Gasteiger partial charge in [-0.2, -0.15) is 4.99 Å². The molecule has 11 heteroatoms. The van der Waals surface area contributed by atoms with Gasteiger partial charge in [-0.25, -0.2) is 13.8 Å². The van der Waals surface area contributed by atoms with Crippen molar-refractivity contribution in [1.82, 2.24) is 24.8 Å². The zero-order valence-corrected chi connectivity index (χ0v) is 23.7. The minimum Gasteiger partial charge on any atom is -0.476 e. The second-order valence-corrected chi connectivity index (χ2v) is 11.3. The third-order valence-corrected chi connectivity index (χ3v) is 7.93. The molecule has 2 fully saturated rings. The highest BCUT2D eigenvalue weighted by Crippen LogP contribution is 2.34. The van der Waals surface area contributed by atoms with Crippen molar-refractivity contribution in [2.24, 2.45) is 10.9 Å². The first-order valence-electron chi connectivity index (χ1n) is 14.6. The smallest absolute Gasteiger partial charge is 0.280 e. The molecule has 1 saturated carbocycles. The van der Waals surface area contributed by atoms with Crippen molar-refractivity contribution in [1.29, 1.82) is 0 Å². The Bertz CT molecular complexity index is 1450. The zero-order valence-electron chi connectivity index (χ0n) is 23.7. The summed E-state index contributed by atoms with van der Waals surface area (Å²) in [6.45, 7) is 7.42. The van der Waals surface area contributed by atoms with Crippen molar-refractivity contribution >= 4 is 22.8 Å². The molecule has 3 aromatic rings. The van der Waals surface area contributed by atoms with Crippen LogP contribution in [-0.4, -0.2) is 63.5 Å². The Morgan fingerprint density at radius 3 is 2.56 bits per heavy atom. The van der Waals surface area contributed by atoms with Gasteiger partial charge >= 0.3 is 0 Å². The summed E-state index contributed by atoms with van der Waals surface area (Å²) in [7, 11) is 0. The number of hydrogen-bond donors (Lipinski definition) is 2. The Morgan fingerprint density at radius 1 is 1.10 bits per heavy atom. The molecule has 1 aliphatic carbocycles. The van der Waals surface area contributed by atoms with E-state index in [1.165, 1.54) is 25.3 Å². The van der Waals surface area contributed by atoms with Gasteiger partial charge in [0.05, 0.1) is 17.2 Å². The zero-order chi connectivity index (χ0) is 28.9. The number of amides is 2. The van der Waals surface area contributed by atoms with Crippen LogP contribution in [0.15, 0.2) is 35.5 Å². The van der Waals surface area contributed by atoms with Crippen LogP contribution < -0.4 is 15.7 Å². The summed E-state index contributed by atoms with van der Waals surface area (Å²) >= 11 is 0. The molecule has 2 amide bonds. The van der Waals surface area contributed by atoms with Gasteiger partial charge in [-0.1, -0.05) is 6.42 Å². The minimum absolute atomic E-state index is 0.0352. The molecule has 0 spiro atoms. The predicted octanol–water partition coefficient (Wildman–Crippen LogP) is 4.50. The van der Waals surface area contributed by atoms with Gasteiger partial charge in [-0.3, -0.25) is 14.5 Å². The molecule has 1 saturated heterocycles. The molecule has 3 heterocycles. The first-order valence-corrected chi connectivity index (χ1v) is 14.6. The number of hydrogen-bond acceptors (Lipinski definition) is 5. The maximum absolute atomic E-state index is 13.8. The van der Waals surface area contributed by atoms with Crippen LogP contribution in [0.3, 0.4) is 0 Å². The minimum atomic E-state index is -1.11. The monoisotopic (exact) mass is 568 g/mol. The highest BCUT2D eigenvalue weighted by atomic mass is 19.2. The van der Waals surface area contributed by atoms with Gasteiger partial charge in [0.2, 0.25) is 17.4 Å². The highest BCUT2D eigenvalue weighted by molar-refractivity contribution is 5.95. The maximum Gasteiger partial charge on any atom is 0.280 e. The SMILES string of the molecule is CC(C)NC(=O)[C@H]1CC[C@@H](n2/c(=N/C(=O)c3ccc(F)c(F)c3)[nH]c3cnc(OCCN4CCCCC4)cc32)CC1. The summed E-state index contributed by atoms with van der Waals surface area (Å²) in [6.07, 6.45) is 8.18. The Kier molecular flexibility index (Phi) is 9.12. The van der Waals surface area contributed by atoms with Crippen LogP contribution >= 0.6 is 0 Å². The van der Waals surface area contributed by atoms with E-state index in [1.54, 1.807) is 6.20 Å². The van der Waals surface area contributed by atoms with Crippen LogP contribution in [0.1, 0.15) is 75.2 Å². The molecule has 0 unspecified atom stereocenters. The fourth-order valence-corrected chi connectivity index (χ4v) is 5.80. The number of carbonyl (C=O) groups is 2. The second-order valence-electron chi connectivity index (χ2n) is 11.3. The van der Waals surface area contributed by atoms with Crippen LogP contribution in [-0.2, 0) is 4.79 Å². The molecule has 9 nitrogen and oxygen atoms in total. The molecule has 2 N–H and O–H groups in total. The molecular weight excluding hydrogens is 530 g/mol. The van der Waals surface area contributed by atoms with E-state index in [0.717, 1.165) is 37.3 Å². The molecular formula is C30H38F2N6O3. The van der Waals surface area contributed by atoms with E-state index in [-0.39, 0.29) is 35.1 Å². The lowest BCUT2D eigenvalue weighted by molar-refractivity contribution is -0.126. The van der Waals surface area contributed by atoms with Crippen molar-refractivity contribution < 1.29 is 23.1 Å². The van der Waals surface area contributed by atoms with Crippen molar-refractivity contribution in [3.8, 4) is 5.88 Å². The van der Waals surface area contributed by atoms with Crippen molar-refractivity contribution in [3.05, 3.63) is 53.3 Å². The van der Waals surface area contributed by atoms with E-state index in [9.17, 15) is 18.4 Å². The summed E-state index contributed by atoms with van der Waals surface area (Å²) in [4.78, 5) is 39.9. The number of piperidine rings is 1. The van der Waals surface area contributed by atoms with Gasteiger partial charge in [0.25, 0.3) is 5.91 Å². The van der Waals surface area contributed by atoms with E-state index in [1.807, 2.05) is 24.5 Å². The van der Waals surface area contributed by atoms with Crippen molar-refractivity contribution in [2.45, 2.75) is 70.9 Å². The molecule has 0 atom stereocenters. The fraction of sp³-hybridized carbons (Fsp3) is 0.533. The number of aromatic amines is 1. The number of carbonyl (C=O) groups excluding carboxylic acids is 2. The Morgan fingerprint density at radius 2 is 1.85 bits per heavy atom. The van der Waals surface area contributed by atoms with E-state index in [0.29, 0.717) is 43.7 Å². The topological polar surface area (TPSA) is 105 Å². The largest absolute Gasteiger partial charge is 0.476 e. The molecule has 5 rings (SSSR count). The molecule has 1 aliphatic heterocycles. The van der Waals surface area contributed by atoms with Gasteiger partial charge in [-0.05, 0) is 83.7 Å². The Balaban J connectivity index is 1.43. The molecule has 2 aliphatic rings. The number of pyridine rings is 1. The number of nitrogens with one attached hydrogen (secondary N) is 2. The Labute approximate surface area is 238 Å². The first kappa shape index (κ1) is 28.9. The number of H-pyrrole nitrogens is 1. The summed E-state index contributed by atoms with van der Waals surface area (Å²) in [6, 6.07) is 4.87. The third kappa shape index (κ3) is 7.01. The van der Waals surface area contributed by atoms with E-state index in [4.69, 9.17) is 4.74 Å². The molecule has 41 heavy (non-hydrogen) atoms. The van der Waals surface area contributed by atoms with Crippen LogP contribution in [0, 0.1) is 17.6 Å². The number of nitrogens with zero attached hydrogens (tertiary/aromatic N) is 4. The lowest BCUT2D eigenvalue weighted by Crippen LogP contribution is -2.38. The standard InChI is InChI=1S/C30H38F2N6O3/c1-19(2)34-28(39)20-6-9-22(10-7-20)38-26-17-27(41-15-14-37-12-4-3-5-13-37)33-18-25(26)35-30(38)36-29(40)21-8-11-23(31)24(32)16-21/h8,11,16-20,22H,3-7,9-10,12-15H2,1-2H3,(H,34,39)(H,35,36,40)/t20-,22+. The lowest BCUT2D eigenvalue weighted by Gasteiger charge is -2.29. The van der Waals surface area contributed by atoms with Gasteiger partial charge in [0, 0.05) is 36.2 Å². The molecule has 1 aromatic carbocycles. The maximum atomic E-state index is 13.8. The average molecular weight is 569 g/mol. The van der Waals surface area contributed by atoms with E-state index >= 15 is 0 Å².